The maximum atomic E-state index is 12.6. The lowest BCUT2D eigenvalue weighted by atomic mass is 9.43. The third-order valence-corrected chi connectivity index (χ3v) is 9.89. The first-order valence-electron chi connectivity index (χ1n) is 10.5. The minimum atomic E-state index is -0.451. The molecule has 4 aliphatic rings. The van der Waals surface area contributed by atoms with E-state index in [-0.39, 0.29) is 17.8 Å². The van der Waals surface area contributed by atoms with Crippen LogP contribution in [0.2, 0.25) is 0 Å². The third-order valence-electron chi connectivity index (χ3n) is 9.89. The first-order valence-corrected chi connectivity index (χ1v) is 10.5. The molecule has 24 heavy (non-hydrogen) atoms. The summed E-state index contributed by atoms with van der Waals surface area (Å²) in [6, 6.07) is 0. The van der Waals surface area contributed by atoms with E-state index in [4.69, 9.17) is 0 Å². The predicted octanol–water partition coefficient (Wildman–Crippen LogP) is 4.99. The van der Waals surface area contributed by atoms with Crippen molar-refractivity contribution in [3.63, 3.8) is 0 Å². The van der Waals surface area contributed by atoms with E-state index in [1.807, 2.05) is 0 Å². The second-order valence-electron chi connectivity index (χ2n) is 10.2. The van der Waals surface area contributed by atoms with Crippen molar-refractivity contribution in [1.82, 2.24) is 0 Å². The molecule has 2 nitrogen and oxygen atoms in total. The fourth-order valence-electron chi connectivity index (χ4n) is 8.38. The van der Waals surface area contributed by atoms with Crippen LogP contribution in [0.5, 0.6) is 0 Å². The van der Waals surface area contributed by atoms with Crippen molar-refractivity contribution < 1.29 is 9.90 Å². The predicted molar refractivity (Wildman–Crippen MR) is 96.5 cm³/mol. The summed E-state index contributed by atoms with van der Waals surface area (Å²) in [6.07, 6.45) is 13.1. The molecule has 0 aliphatic heterocycles. The van der Waals surface area contributed by atoms with E-state index in [0.29, 0.717) is 11.3 Å². The molecular weight excluding hydrogens is 296 g/mol. The van der Waals surface area contributed by atoms with E-state index in [1.54, 1.807) is 6.92 Å². The first-order chi connectivity index (χ1) is 11.4. The van der Waals surface area contributed by atoms with Gasteiger partial charge in [0.2, 0.25) is 0 Å². The Hall–Kier alpha value is -0.370. The van der Waals surface area contributed by atoms with Gasteiger partial charge in [-0.2, -0.15) is 0 Å². The summed E-state index contributed by atoms with van der Waals surface area (Å²) < 4.78 is 0. The number of ketones is 1. The Morgan fingerprint density at radius 2 is 1.71 bits per heavy atom. The standard InChI is InChI=1S/C22H36O2/c1-15(24)22(14-23)13-10-19-17-8-7-16-6-4-5-11-20(16,2)18(17)9-12-21(19,22)3/h16-19,23H,4-14H2,1-3H3/t16?,17-,18+,19+,20+,21+,22+/m1/s1. The normalized spacial score (nSPS) is 53.8. The van der Waals surface area contributed by atoms with Crippen molar-refractivity contribution in [3.05, 3.63) is 0 Å². The summed E-state index contributed by atoms with van der Waals surface area (Å²) in [5.41, 5.74) is 0.142. The van der Waals surface area contributed by atoms with Crippen LogP contribution in [0.4, 0.5) is 0 Å². The fourth-order valence-corrected chi connectivity index (χ4v) is 8.38. The van der Waals surface area contributed by atoms with Crippen LogP contribution in [0, 0.1) is 39.9 Å². The molecular formula is C22H36O2. The Labute approximate surface area is 147 Å². The monoisotopic (exact) mass is 332 g/mol. The molecule has 1 unspecified atom stereocenters. The van der Waals surface area contributed by atoms with Crippen LogP contribution in [0.3, 0.4) is 0 Å². The van der Waals surface area contributed by atoms with Gasteiger partial charge in [-0.05, 0) is 92.8 Å². The van der Waals surface area contributed by atoms with E-state index >= 15 is 0 Å². The number of rotatable bonds is 2. The molecule has 0 bridgehead atoms. The topological polar surface area (TPSA) is 37.3 Å². The van der Waals surface area contributed by atoms with Crippen LogP contribution in [0.15, 0.2) is 0 Å². The number of Topliss-reactive ketones (excluding diaryl/α,β-unsaturated/α-hetero) is 1. The molecule has 1 N–H and O–H groups in total. The van der Waals surface area contributed by atoms with E-state index in [1.165, 1.54) is 51.4 Å². The fraction of sp³-hybridized carbons (Fsp3) is 0.955. The van der Waals surface area contributed by atoms with Gasteiger partial charge in [0.25, 0.3) is 0 Å². The number of aliphatic hydroxyl groups is 1. The van der Waals surface area contributed by atoms with Gasteiger partial charge >= 0.3 is 0 Å². The minimum Gasteiger partial charge on any atom is -0.395 e. The summed E-state index contributed by atoms with van der Waals surface area (Å²) in [7, 11) is 0. The van der Waals surface area contributed by atoms with Crippen LogP contribution in [0.25, 0.3) is 0 Å². The highest BCUT2D eigenvalue weighted by Gasteiger charge is 2.65. The molecule has 4 saturated carbocycles. The van der Waals surface area contributed by atoms with Gasteiger partial charge in [-0.15, -0.1) is 0 Å². The molecule has 4 aliphatic carbocycles. The van der Waals surface area contributed by atoms with E-state index in [9.17, 15) is 9.90 Å². The summed E-state index contributed by atoms with van der Waals surface area (Å²) in [6.45, 7) is 6.76. The number of carbonyl (C=O) groups excluding carboxylic acids is 1. The number of hydrogen-bond acceptors (Lipinski definition) is 2. The average Bonchev–Trinajstić information content (AvgIpc) is 2.87. The van der Waals surface area contributed by atoms with Crippen LogP contribution in [-0.4, -0.2) is 17.5 Å². The van der Waals surface area contributed by atoms with Gasteiger partial charge in [0.05, 0.1) is 12.0 Å². The number of hydrogen-bond donors (Lipinski definition) is 1. The molecule has 2 heteroatoms. The largest absolute Gasteiger partial charge is 0.395 e. The molecule has 0 heterocycles. The molecule has 0 aromatic heterocycles. The summed E-state index contributed by atoms with van der Waals surface area (Å²) in [5.74, 6) is 3.53. The zero-order chi connectivity index (χ0) is 17.2. The second-order valence-corrected chi connectivity index (χ2v) is 10.2. The smallest absolute Gasteiger partial charge is 0.138 e. The van der Waals surface area contributed by atoms with E-state index in [2.05, 4.69) is 13.8 Å². The maximum Gasteiger partial charge on any atom is 0.138 e. The Morgan fingerprint density at radius 3 is 2.42 bits per heavy atom. The number of carbonyl (C=O) groups is 1. The highest BCUT2D eigenvalue weighted by molar-refractivity contribution is 5.84. The summed E-state index contributed by atoms with van der Waals surface area (Å²) >= 11 is 0. The van der Waals surface area contributed by atoms with Crippen LogP contribution in [0.1, 0.15) is 85.0 Å². The van der Waals surface area contributed by atoms with Crippen molar-refractivity contribution in [3.8, 4) is 0 Å². The Balaban J connectivity index is 1.67. The van der Waals surface area contributed by atoms with Gasteiger partial charge in [-0.25, -0.2) is 0 Å². The molecule has 0 aromatic rings. The van der Waals surface area contributed by atoms with E-state index < -0.39 is 5.41 Å². The molecule has 136 valence electrons. The quantitative estimate of drug-likeness (QED) is 0.773. The van der Waals surface area contributed by atoms with Crippen molar-refractivity contribution in [2.45, 2.75) is 85.0 Å². The van der Waals surface area contributed by atoms with Gasteiger partial charge in [-0.3, -0.25) is 4.79 Å². The number of fused-ring (bicyclic) bond motifs is 5. The van der Waals surface area contributed by atoms with E-state index in [0.717, 1.165) is 30.6 Å². The van der Waals surface area contributed by atoms with Crippen molar-refractivity contribution in [2.75, 3.05) is 6.61 Å². The summed E-state index contributed by atoms with van der Waals surface area (Å²) in [5, 5.41) is 10.2. The summed E-state index contributed by atoms with van der Waals surface area (Å²) in [4.78, 5) is 12.6. The first kappa shape index (κ1) is 17.1. The molecule has 0 radical (unpaired) electrons. The lowest BCUT2D eigenvalue weighted by Crippen LogP contribution is -2.56. The second kappa shape index (κ2) is 5.56. The van der Waals surface area contributed by atoms with Crippen molar-refractivity contribution >= 4 is 5.78 Å². The molecule has 0 spiro atoms. The van der Waals surface area contributed by atoms with Crippen LogP contribution < -0.4 is 0 Å². The molecule has 4 rings (SSSR count). The maximum absolute atomic E-state index is 12.6. The van der Waals surface area contributed by atoms with Gasteiger partial charge < -0.3 is 5.11 Å². The van der Waals surface area contributed by atoms with Crippen molar-refractivity contribution in [2.24, 2.45) is 39.9 Å². The van der Waals surface area contributed by atoms with Crippen LogP contribution >= 0.6 is 0 Å². The highest BCUT2D eigenvalue weighted by Crippen LogP contribution is 2.70. The third kappa shape index (κ3) is 1.95. The molecule has 4 fully saturated rings. The zero-order valence-electron chi connectivity index (χ0n) is 15.9. The zero-order valence-corrected chi connectivity index (χ0v) is 15.9. The van der Waals surface area contributed by atoms with Gasteiger partial charge in [0.15, 0.2) is 0 Å². The molecule has 0 saturated heterocycles. The lowest BCUT2D eigenvalue weighted by Gasteiger charge is -2.61. The Bertz CT molecular complexity index is 528. The molecule has 0 aromatic carbocycles. The van der Waals surface area contributed by atoms with Gasteiger partial charge in [-0.1, -0.05) is 26.7 Å². The lowest BCUT2D eigenvalue weighted by molar-refractivity contribution is -0.153. The average molecular weight is 333 g/mol. The Morgan fingerprint density at radius 1 is 0.958 bits per heavy atom. The molecule has 7 atom stereocenters. The highest BCUT2D eigenvalue weighted by atomic mass is 16.3. The minimum absolute atomic E-state index is 0.0343. The number of aliphatic hydroxyl groups excluding tert-OH is 1. The Kier molecular flexibility index (Phi) is 3.95. The van der Waals surface area contributed by atoms with Gasteiger partial charge in [0, 0.05) is 0 Å². The van der Waals surface area contributed by atoms with Gasteiger partial charge in [0.1, 0.15) is 5.78 Å². The van der Waals surface area contributed by atoms with Crippen LogP contribution in [-0.2, 0) is 4.79 Å². The molecule has 0 amide bonds. The SMILES string of the molecule is CC(=O)[C@@]1(CO)CC[C@H]2[C@@H]3CCC4CCCC[C@]4(C)[C@H]3CC[C@@]21C. The van der Waals surface area contributed by atoms with Crippen molar-refractivity contribution in [1.29, 1.82) is 0 Å².